The predicted molar refractivity (Wildman–Crippen MR) is 81.3 cm³/mol. The number of aliphatic hydroxyl groups excluding tert-OH is 1. The average Bonchev–Trinajstić information content (AvgIpc) is 2.48. The molecule has 116 valence electrons. The lowest BCUT2D eigenvalue weighted by Gasteiger charge is -2.22. The summed E-state index contributed by atoms with van der Waals surface area (Å²) < 4.78 is 11.0. The smallest absolute Gasteiger partial charge is 0.161 e. The fourth-order valence-electron chi connectivity index (χ4n) is 1.63. The molecule has 0 aliphatic carbocycles. The van der Waals surface area contributed by atoms with E-state index in [9.17, 15) is 10.0 Å². The maximum Gasteiger partial charge on any atom is 0.161 e. The first-order valence-corrected chi connectivity index (χ1v) is 6.82. The Labute approximate surface area is 124 Å². The highest BCUT2D eigenvalue weighted by Gasteiger charge is 2.15. The van der Waals surface area contributed by atoms with Crippen LogP contribution in [0.2, 0.25) is 0 Å². The van der Waals surface area contributed by atoms with Gasteiger partial charge in [-0.05, 0) is 26.0 Å². The van der Waals surface area contributed by atoms with E-state index < -0.39 is 6.10 Å². The standard InChI is InChI=1S/C15H22N2O4/c1-4-9-20-14-7-5-6-8-15(14)21-11-13(18)10-17(16-19)12(2)3/h4-8,12-13,18H,1,9-11H2,2-3H3/t13-/m1/s1. The Hall–Kier alpha value is -2.08. The zero-order valence-electron chi connectivity index (χ0n) is 12.4. The van der Waals surface area contributed by atoms with Gasteiger partial charge in [0.15, 0.2) is 11.5 Å². The highest BCUT2D eigenvalue weighted by molar-refractivity contribution is 5.39. The number of nitrogens with zero attached hydrogens (tertiary/aromatic N) is 2. The minimum Gasteiger partial charge on any atom is -0.487 e. The maximum absolute atomic E-state index is 10.6. The third-order valence-corrected chi connectivity index (χ3v) is 2.74. The van der Waals surface area contributed by atoms with Gasteiger partial charge < -0.3 is 14.6 Å². The number of rotatable bonds is 10. The Bertz CT molecular complexity index is 451. The van der Waals surface area contributed by atoms with E-state index in [1.807, 2.05) is 26.0 Å². The van der Waals surface area contributed by atoms with E-state index in [4.69, 9.17) is 9.47 Å². The van der Waals surface area contributed by atoms with Crippen LogP contribution in [-0.4, -0.2) is 42.0 Å². The van der Waals surface area contributed by atoms with Gasteiger partial charge in [-0.1, -0.05) is 24.8 Å². The molecular weight excluding hydrogens is 272 g/mol. The summed E-state index contributed by atoms with van der Waals surface area (Å²) in [4.78, 5) is 10.6. The van der Waals surface area contributed by atoms with Crippen LogP contribution in [0, 0.1) is 4.91 Å². The van der Waals surface area contributed by atoms with Crippen LogP contribution in [0.5, 0.6) is 11.5 Å². The Kier molecular flexibility index (Phi) is 7.25. The van der Waals surface area contributed by atoms with Gasteiger partial charge in [0.1, 0.15) is 19.3 Å². The SMILES string of the molecule is C=CCOc1ccccc1OC[C@H](O)CN(N=O)C(C)C. The number of hydrogen-bond acceptors (Lipinski definition) is 5. The van der Waals surface area contributed by atoms with Gasteiger partial charge in [0.25, 0.3) is 0 Å². The molecule has 0 saturated carbocycles. The third kappa shape index (κ3) is 5.83. The summed E-state index contributed by atoms with van der Waals surface area (Å²) in [5, 5.41) is 14.0. The lowest BCUT2D eigenvalue weighted by molar-refractivity contribution is 0.0570. The summed E-state index contributed by atoms with van der Waals surface area (Å²) in [7, 11) is 0. The van der Waals surface area contributed by atoms with Crippen LogP contribution in [0.4, 0.5) is 0 Å². The molecule has 0 aliphatic rings. The molecule has 0 aromatic heterocycles. The van der Waals surface area contributed by atoms with E-state index >= 15 is 0 Å². The second-order valence-electron chi connectivity index (χ2n) is 4.81. The first kappa shape index (κ1) is 17.0. The predicted octanol–water partition coefficient (Wildman–Crippen LogP) is 2.38. The molecule has 0 saturated heterocycles. The molecule has 6 nitrogen and oxygen atoms in total. The molecule has 1 atom stereocenters. The monoisotopic (exact) mass is 294 g/mol. The second kappa shape index (κ2) is 8.97. The normalized spacial score (nSPS) is 11.8. The number of hydrogen-bond donors (Lipinski definition) is 1. The molecule has 1 aromatic carbocycles. The largest absolute Gasteiger partial charge is 0.487 e. The van der Waals surface area contributed by atoms with Crippen molar-refractivity contribution in [1.82, 2.24) is 5.01 Å². The van der Waals surface area contributed by atoms with Crippen molar-refractivity contribution >= 4 is 0 Å². The van der Waals surface area contributed by atoms with E-state index in [0.717, 1.165) is 0 Å². The van der Waals surface area contributed by atoms with Crippen LogP contribution in [0.25, 0.3) is 0 Å². The van der Waals surface area contributed by atoms with Crippen LogP contribution < -0.4 is 9.47 Å². The number of ether oxygens (including phenoxy) is 2. The lowest BCUT2D eigenvalue weighted by atomic mass is 10.3. The summed E-state index contributed by atoms with van der Waals surface area (Å²) in [6, 6.07) is 7.11. The highest BCUT2D eigenvalue weighted by Crippen LogP contribution is 2.26. The van der Waals surface area contributed by atoms with Crippen LogP contribution in [0.3, 0.4) is 0 Å². The third-order valence-electron chi connectivity index (χ3n) is 2.74. The minimum absolute atomic E-state index is 0.0488. The van der Waals surface area contributed by atoms with Crippen LogP contribution >= 0.6 is 0 Å². The molecule has 0 amide bonds. The van der Waals surface area contributed by atoms with E-state index in [-0.39, 0.29) is 19.2 Å². The van der Waals surface area contributed by atoms with Crippen LogP contribution in [0.15, 0.2) is 42.2 Å². The number of para-hydroxylation sites is 2. The average molecular weight is 294 g/mol. The Morgan fingerprint density at radius 1 is 1.33 bits per heavy atom. The molecule has 0 unspecified atom stereocenters. The van der Waals surface area contributed by atoms with E-state index in [2.05, 4.69) is 11.9 Å². The summed E-state index contributed by atoms with van der Waals surface area (Å²) in [6.07, 6.45) is 0.819. The zero-order valence-corrected chi connectivity index (χ0v) is 12.4. The van der Waals surface area contributed by atoms with Gasteiger partial charge in [-0.3, -0.25) is 5.01 Å². The molecule has 1 N–H and O–H groups in total. The Balaban J connectivity index is 2.54. The summed E-state index contributed by atoms with van der Waals surface area (Å²) >= 11 is 0. The molecule has 0 aliphatic heterocycles. The Morgan fingerprint density at radius 2 is 1.95 bits per heavy atom. The molecule has 21 heavy (non-hydrogen) atoms. The molecule has 1 aromatic rings. The van der Waals surface area contributed by atoms with Gasteiger partial charge >= 0.3 is 0 Å². The van der Waals surface area contributed by atoms with Crippen molar-refractivity contribution in [1.29, 1.82) is 0 Å². The van der Waals surface area contributed by atoms with Crippen molar-refractivity contribution in [2.45, 2.75) is 26.0 Å². The van der Waals surface area contributed by atoms with E-state index in [1.54, 1.807) is 18.2 Å². The molecule has 1 rings (SSSR count). The van der Waals surface area contributed by atoms with Crippen molar-refractivity contribution in [2.75, 3.05) is 19.8 Å². The minimum atomic E-state index is -0.822. The molecule has 0 fully saturated rings. The van der Waals surface area contributed by atoms with Gasteiger partial charge in [-0.2, -0.15) is 0 Å². The Morgan fingerprint density at radius 3 is 2.48 bits per heavy atom. The van der Waals surface area contributed by atoms with Crippen molar-refractivity contribution in [2.24, 2.45) is 5.29 Å². The van der Waals surface area contributed by atoms with Crippen molar-refractivity contribution < 1.29 is 14.6 Å². The van der Waals surface area contributed by atoms with Gasteiger partial charge in [0, 0.05) is 6.04 Å². The quantitative estimate of drug-likeness (QED) is 0.407. The van der Waals surface area contributed by atoms with Gasteiger partial charge in [0.05, 0.1) is 11.8 Å². The van der Waals surface area contributed by atoms with Gasteiger partial charge in [-0.15, -0.1) is 4.91 Å². The number of nitroso groups, excluding NO2 is 1. The second-order valence-corrected chi connectivity index (χ2v) is 4.81. The molecular formula is C15H22N2O4. The first-order chi connectivity index (χ1) is 10.1. The lowest BCUT2D eigenvalue weighted by Crippen LogP contribution is -2.36. The molecule has 0 radical (unpaired) electrons. The van der Waals surface area contributed by atoms with Gasteiger partial charge in [-0.25, -0.2) is 0 Å². The maximum atomic E-state index is 10.6. The number of aliphatic hydroxyl groups is 1. The molecule has 0 heterocycles. The van der Waals surface area contributed by atoms with E-state index in [0.29, 0.717) is 18.1 Å². The topological polar surface area (TPSA) is 71.4 Å². The fourth-order valence-corrected chi connectivity index (χ4v) is 1.63. The van der Waals surface area contributed by atoms with Crippen LogP contribution in [0.1, 0.15) is 13.8 Å². The summed E-state index contributed by atoms with van der Waals surface area (Å²) in [5.41, 5.74) is 0. The molecule has 0 bridgehead atoms. The highest BCUT2D eigenvalue weighted by atomic mass is 16.5. The fraction of sp³-hybridized carbons (Fsp3) is 0.467. The first-order valence-electron chi connectivity index (χ1n) is 6.82. The zero-order chi connectivity index (χ0) is 15.7. The van der Waals surface area contributed by atoms with Gasteiger partial charge in [0.2, 0.25) is 0 Å². The van der Waals surface area contributed by atoms with Crippen molar-refractivity contribution in [3.8, 4) is 11.5 Å². The summed E-state index contributed by atoms with van der Waals surface area (Å²) in [5.74, 6) is 1.12. The van der Waals surface area contributed by atoms with E-state index in [1.165, 1.54) is 5.01 Å². The van der Waals surface area contributed by atoms with Crippen molar-refractivity contribution in [3.63, 3.8) is 0 Å². The van der Waals surface area contributed by atoms with Crippen LogP contribution in [-0.2, 0) is 0 Å². The molecule has 0 spiro atoms. The van der Waals surface area contributed by atoms with Crippen molar-refractivity contribution in [3.05, 3.63) is 41.8 Å². The molecule has 6 heteroatoms. The summed E-state index contributed by atoms with van der Waals surface area (Å²) in [6.45, 7) is 7.79. The number of benzene rings is 1.